The van der Waals surface area contributed by atoms with Gasteiger partial charge in [-0.05, 0) is 43.2 Å². The van der Waals surface area contributed by atoms with Gasteiger partial charge in [-0.2, -0.15) is 0 Å². The average Bonchev–Trinajstić information content (AvgIpc) is 2.41. The van der Waals surface area contributed by atoms with E-state index in [0.717, 1.165) is 33.9 Å². The second-order valence-corrected chi connectivity index (χ2v) is 4.57. The molecule has 19 heavy (non-hydrogen) atoms. The Hall–Kier alpha value is -2.16. The number of hydrogen-bond acceptors (Lipinski definition) is 3. The van der Waals surface area contributed by atoms with Gasteiger partial charge in [0.05, 0.1) is 7.11 Å². The Morgan fingerprint density at radius 3 is 2.47 bits per heavy atom. The van der Waals surface area contributed by atoms with Gasteiger partial charge >= 0.3 is 0 Å². The second-order valence-electron chi connectivity index (χ2n) is 4.57. The molecule has 0 bridgehead atoms. The van der Waals surface area contributed by atoms with Gasteiger partial charge in [0, 0.05) is 11.3 Å². The second kappa shape index (κ2) is 5.65. The standard InChI is InChI=1S/C16H19NO2/c1-11-9-16(12(2)8-14(11)17)19-10-13-6-4-5-7-15(13)18-3/h4-9H,10,17H2,1-3H3. The molecule has 2 N–H and O–H groups in total. The average molecular weight is 257 g/mol. The van der Waals surface area contributed by atoms with Gasteiger partial charge in [0.2, 0.25) is 0 Å². The molecule has 3 nitrogen and oxygen atoms in total. The lowest BCUT2D eigenvalue weighted by atomic mass is 10.1. The maximum atomic E-state index is 5.87. The van der Waals surface area contributed by atoms with E-state index >= 15 is 0 Å². The first-order valence-corrected chi connectivity index (χ1v) is 6.23. The Morgan fingerprint density at radius 1 is 1.00 bits per heavy atom. The summed E-state index contributed by atoms with van der Waals surface area (Å²) in [7, 11) is 1.66. The molecule has 0 spiro atoms. The molecule has 0 heterocycles. The van der Waals surface area contributed by atoms with Crippen LogP contribution in [0.4, 0.5) is 5.69 Å². The van der Waals surface area contributed by atoms with Crippen LogP contribution in [0.5, 0.6) is 11.5 Å². The predicted octanol–water partition coefficient (Wildman–Crippen LogP) is 3.47. The molecule has 0 saturated carbocycles. The van der Waals surface area contributed by atoms with Crippen molar-refractivity contribution in [2.75, 3.05) is 12.8 Å². The summed E-state index contributed by atoms with van der Waals surface area (Å²) in [6, 6.07) is 11.8. The third-order valence-electron chi connectivity index (χ3n) is 3.14. The minimum atomic E-state index is 0.480. The number of rotatable bonds is 4. The number of nitrogens with two attached hydrogens (primary N) is 1. The van der Waals surface area contributed by atoms with Gasteiger partial charge in [0.25, 0.3) is 0 Å². The van der Waals surface area contributed by atoms with Gasteiger partial charge in [0.1, 0.15) is 18.1 Å². The highest BCUT2D eigenvalue weighted by molar-refractivity contribution is 5.53. The van der Waals surface area contributed by atoms with Crippen LogP contribution in [0.1, 0.15) is 16.7 Å². The van der Waals surface area contributed by atoms with Crippen molar-refractivity contribution in [1.82, 2.24) is 0 Å². The summed E-state index contributed by atoms with van der Waals surface area (Å²) in [6.07, 6.45) is 0. The Balaban J connectivity index is 2.17. The van der Waals surface area contributed by atoms with Crippen LogP contribution in [0.2, 0.25) is 0 Å². The van der Waals surface area contributed by atoms with E-state index in [2.05, 4.69) is 0 Å². The first kappa shape index (κ1) is 13.3. The molecule has 2 rings (SSSR count). The molecular formula is C16H19NO2. The number of ether oxygens (including phenoxy) is 2. The molecular weight excluding hydrogens is 238 g/mol. The third kappa shape index (κ3) is 2.99. The van der Waals surface area contributed by atoms with Gasteiger partial charge in [0.15, 0.2) is 0 Å². The van der Waals surface area contributed by atoms with Crippen molar-refractivity contribution in [3.05, 3.63) is 53.1 Å². The van der Waals surface area contributed by atoms with Crippen molar-refractivity contribution >= 4 is 5.69 Å². The molecule has 0 aromatic heterocycles. The zero-order valence-corrected chi connectivity index (χ0v) is 11.6. The van der Waals surface area contributed by atoms with Crippen LogP contribution in [-0.4, -0.2) is 7.11 Å². The summed E-state index contributed by atoms with van der Waals surface area (Å²) < 4.78 is 11.2. The molecule has 100 valence electrons. The van der Waals surface area contributed by atoms with E-state index in [9.17, 15) is 0 Å². The van der Waals surface area contributed by atoms with Crippen molar-refractivity contribution in [3.63, 3.8) is 0 Å². The van der Waals surface area contributed by atoms with E-state index in [1.807, 2.05) is 50.2 Å². The molecule has 0 atom stereocenters. The lowest BCUT2D eigenvalue weighted by Crippen LogP contribution is -2.01. The van der Waals surface area contributed by atoms with E-state index in [1.54, 1.807) is 7.11 Å². The van der Waals surface area contributed by atoms with Crippen molar-refractivity contribution in [1.29, 1.82) is 0 Å². The number of benzene rings is 2. The number of aryl methyl sites for hydroxylation is 2. The Labute approximate surface area is 114 Å². The van der Waals surface area contributed by atoms with Crippen LogP contribution in [0.15, 0.2) is 36.4 Å². The van der Waals surface area contributed by atoms with Crippen LogP contribution in [0.3, 0.4) is 0 Å². The summed E-state index contributed by atoms with van der Waals surface area (Å²) in [4.78, 5) is 0. The van der Waals surface area contributed by atoms with Gasteiger partial charge < -0.3 is 15.2 Å². The van der Waals surface area contributed by atoms with E-state index in [1.165, 1.54) is 0 Å². The number of methoxy groups -OCH3 is 1. The number of hydrogen-bond donors (Lipinski definition) is 1. The van der Waals surface area contributed by atoms with Crippen LogP contribution in [0.25, 0.3) is 0 Å². The Bertz CT molecular complexity index is 579. The van der Waals surface area contributed by atoms with Gasteiger partial charge in [-0.25, -0.2) is 0 Å². The molecule has 0 aliphatic rings. The van der Waals surface area contributed by atoms with E-state index in [-0.39, 0.29) is 0 Å². The van der Waals surface area contributed by atoms with Crippen LogP contribution in [-0.2, 0) is 6.61 Å². The SMILES string of the molecule is COc1ccccc1COc1cc(C)c(N)cc1C. The summed E-state index contributed by atoms with van der Waals surface area (Å²) in [5.74, 6) is 1.70. The molecule has 3 heteroatoms. The molecule has 0 unspecified atom stereocenters. The lowest BCUT2D eigenvalue weighted by molar-refractivity contribution is 0.294. The fraction of sp³-hybridized carbons (Fsp3) is 0.250. The van der Waals surface area contributed by atoms with Crippen LogP contribution in [0, 0.1) is 13.8 Å². The number of nitrogen functional groups attached to an aromatic ring is 1. The van der Waals surface area contributed by atoms with Crippen molar-refractivity contribution in [3.8, 4) is 11.5 Å². The molecule has 2 aromatic carbocycles. The molecule has 0 saturated heterocycles. The highest BCUT2D eigenvalue weighted by Gasteiger charge is 2.06. The first-order valence-electron chi connectivity index (χ1n) is 6.23. The highest BCUT2D eigenvalue weighted by Crippen LogP contribution is 2.26. The zero-order chi connectivity index (χ0) is 13.8. The quantitative estimate of drug-likeness (QED) is 0.853. The molecule has 2 aromatic rings. The molecule has 0 amide bonds. The maximum absolute atomic E-state index is 5.87. The zero-order valence-electron chi connectivity index (χ0n) is 11.6. The van der Waals surface area contributed by atoms with Crippen molar-refractivity contribution < 1.29 is 9.47 Å². The topological polar surface area (TPSA) is 44.5 Å². The van der Waals surface area contributed by atoms with E-state index in [4.69, 9.17) is 15.2 Å². The van der Waals surface area contributed by atoms with Gasteiger partial charge in [-0.15, -0.1) is 0 Å². The van der Waals surface area contributed by atoms with Crippen LogP contribution >= 0.6 is 0 Å². The Morgan fingerprint density at radius 2 is 1.74 bits per heavy atom. The fourth-order valence-corrected chi connectivity index (χ4v) is 1.95. The van der Waals surface area contributed by atoms with Crippen molar-refractivity contribution in [2.45, 2.75) is 20.5 Å². The summed E-state index contributed by atoms with van der Waals surface area (Å²) >= 11 is 0. The minimum Gasteiger partial charge on any atom is -0.496 e. The summed E-state index contributed by atoms with van der Waals surface area (Å²) in [6.45, 7) is 4.45. The molecule has 0 aliphatic carbocycles. The van der Waals surface area contributed by atoms with Gasteiger partial charge in [-0.3, -0.25) is 0 Å². The smallest absolute Gasteiger partial charge is 0.125 e. The molecule has 0 fully saturated rings. The van der Waals surface area contributed by atoms with Gasteiger partial charge in [-0.1, -0.05) is 18.2 Å². The number of anilines is 1. The fourth-order valence-electron chi connectivity index (χ4n) is 1.95. The first-order chi connectivity index (χ1) is 9.11. The molecule has 0 radical (unpaired) electrons. The van der Waals surface area contributed by atoms with Crippen molar-refractivity contribution in [2.24, 2.45) is 0 Å². The highest BCUT2D eigenvalue weighted by atomic mass is 16.5. The third-order valence-corrected chi connectivity index (χ3v) is 3.14. The summed E-state index contributed by atoms with van der Waals surface area (Å²) in [5.41, 5.74) is 9.76. The lowest BCUT2D eigenvalue weighted by Gasteiger charge is -2.13. The Kier molecular flexibility index (Phi) is 3.95. The largest absolute Gasteiger partial charge is 0.496 e. The van der Waals surface area contributed by atoms with E-state index < -0.39 is 0 Å². The molecule has 0 aliphatic heterocycles. The van der Waals surface area contributed by atoms with Crippen LogP contribution < -0.4 is 15.2 Å². The van der Waals surface area contributed by atoms with E-state index in [0.29, 0.717) is 6.61 Å². The number of para-hydroxylation sites is 1. The summed E-state index contributed by atoms with van der Waals surface area (Å²) in [5, 5.41) is 0. The predicted molar refractivity (Wildman–Crippen MR) is 77.7 cm³/mol. The minimum absolute atomic E-state index is 0.480. The maximum Gasteiger partial charge on any atom is 0.125 e. The normalized spacial score (nSPS) is 10.3. The monoisotopic (exact) mass is 257 g/mol.